The van der Waals surface area contributed by atoms with E-state index in [0.717, 1.165) is 16.9 Å². The molecule has 1 atom stereocenters. The van der Waals surface area contributed by atoms with Crippen LogP contribution in [0, 0.1) is 0 Å². The maximum atomic E-state index is 11.2. The number of allylic oxidation sites excluding steroid dienone is 2. The van der Waals surface area contributed by atoms with E-state index in [1.54, 1.807) is 13.2 Å². The summed E-state index contributed by atoms with van der Waals surface area (Å²) in [5.41, 5.74) is 0.617. The lowest BCUT2D eigenvalue weighted by Crippen LogP contribution is -2.37. The van der Waals surface area contributed by atoms with E-state index in [4.69, 9.17) is 9.47 Å². The van der Waals surface area contributed by atoms with Crippen LogP contribution in [0.25, 0.3) is 5.57 Å². The van der Waals surface area contributed by atoms with E-state index in [1.165, 1.54) is 13.2 Å². The van der Waals surface area contributed by atoms with Gasteiger partial charge in [0.25, 0.3) is 0 Å². The molecule has 19 heavy (non-hydrogen) atoms. The van der Waals surface area contributed by atoms with E-state index in [1.807, 2.05) is 24.3 Å². The molecule has 0 bridgehead atoms. The van der Waals surface area contributed by atoms with Gasteiger partial charge >= 0.3 is 0 Å². The first-order valence-corrected chi connectivity index (χ1v) is 5.91. The van der Waals surface area contributed by atoms with Crippen molar-refractivity contribution in [2.75, 3.05) is 14.2 Å². The van der Waals surface area contributed by atoms with Gasteiger partial charge in [0.1, 0.15) is 11.5 Å². The predicted molar refractivity (Wildman–Crippen MR) is 72.1 cm³/mol. The molecule has 1 N–H and O–H groups in total. The second-order valence-electron chi connectivity index (χ2n) is 4.36. The third-order valence-electron chi connectivity index (χ3n) is 3.34. The molecule has 0 aliphatic heterocycles. The minimum absolute atomic E-state index is 0.0674. The summed E-state index contributed by atoms with van der Waals surface area (Å²) < 4.78 is 10.3. The summed E-state index contributed by atoms with van der Waals surface area (Å²) >= 11 is 0. The lowest BCUT2D eigenvalue weighted by atomic mass is 9.86. The number of rotatable bonds is 4. The van der Waals surface area contributed by atoms with Crippen LogP contribution >= 0.6 is 0 Å². The van der Waals surface area contributed by atoms with Crippen LogP contribution in [0.3, 0.4) is 0 Å². The molecule has 0 fully saturated rings. The van der Waals surface area contributed by atoms with E-state index in [9.17, 15) is 9.90 Å². The molecule has 0 saturated carbocycles. The first-order valence-electron chi connectivity index (χ1n) is 5.91. The maximum Gasteiger partial charge on any atom is 0.183 e. The Hall–Kier alpha value is -2.07. The average molecular weight is 260 g/mol. The van der Waals surface area contributed by atoms with Gasteiger partial charge < -0.3 is 14.6 Å². The third kappa shape index (κ3) is 2.39. The Labute approximate surface area is 112 Å². The minimum atomic E-state index is -1.27. The molecule has 0 saturated heterocycles. The summed E-state index contributed by atoms with van der Waals surface area (Å²) in [4.78, 5) is 11.2. The third-order valence-corrected chi connectivity index (χ3v) is 3.34. The van der Waals surface area contributed by atoms with Crippen LogP contribution in [0.15, 0.2) is 42.2 Å². The van der Waals surface area contributed by atoms with Crippen LogP contribution in [0.4, 0.5) is 0 Å². The summed E-state index contributed by atoms with van der Waals surface area (Å²) in [5.74, 6) is 0.703. The van der Waals surface area contributed by atoms with Gasteiger partial charge in [-0.25, -0.2) is 0 Å². The molecular weight excluding hydrogens is 244 g/mol. The zero-order chi connectivity index (χ0) is 13.9. The fourth-order valence-corrected chi connectivity index (χ4v) is 2.08. The van der Waals surface area contributed by atoms with Crippen molar-refractivity contribution in [3.8, 4) is 5.75 Å². The Bertz CT molecular complexity index is 528. The van der Waals surface area contributed by atoms with E-state index >= 15 is 0 Å². The lowest BCUT2D eigenvalue weighted by molar-refractivity contribution is -0.126. The van der Waals surface area contributed by atoms with Crippen LogP contribution in [0.5, 0.6) is 5.75 Å². The molecule has 2 rings (SSSR count). The molecule has 4 heteroatoms. The van der Waals surface area contributed by atoms with Gasteiger partial charge in [0, 0.05) is 13.5 Å². The molecule has 1 unspecified atom stereocenters. The minimum Gasteiger partial charge on any atom is -0.509 e. The summed E-state index contributed by atoms with van der Waals surface area (Å²) in [6.07, 6.45) is 4.23. The maximum absolute atomic E-state index is 11.2. The van der Waals surface area contributed by atoms with Gasteiger partial charge in [0.05, 0.1) is 7.11 Å². The predicted octanol–water partition coefficient (Wildman–Crippen LogP) is 2.51. The Balaban J connectivity index is 2.33. The van der Waals surface area contributed by atoms with Gasteiger partial charge in [0.2, 0.25) is 0 Å². The number of methoxy groups -OCH3 is 2. The first-order chi connectivity index (χ1) is 9.15. The zero-order valence-electron chi connectivity index (χ0n) is 10.9. The van der Waals surface area contributed by atoms with Crippen molar-refractivity contribution in [3.63, 3.8) is 0 Å². The molecule has 1 aliphatic carbocycles. The van der Waals surface area contributed by atoms with Crippen molar-refractivity contribution < 1.29 is 19.4 Å². The highest BCUT2D eigenvalue weighted by atomic mass is 16.5. The summed E-state index contributed by atoms with van der Waals surface area (Å²) in [5, 5.41) is 9.81. The second kappa shape index (κ2) is 5.28. The SMILES string of the molecule is COc1ccc(C2=CC=C(O)C(C=O)(OC)C2)cc1. The topological polar surface area (TPSA) is 55.8 Å². The lowest BCUT2D eigenvalue weighted by Gasteiger charge is -2.29. The smallest absolute Gasteiger partial charge is 0.183 e. The quantitative estimate of drug-likeness (QED) is 0.845. The molecule has 0 amide bonds. The largest absolute Gasteiger partial charge is 0.509 e. The molecule has 100 valence electrons. The number of aliphatic hydroxyl groups is 1. The first kappa shape index (κ1) is 13.4. The molecule has 1 aliphatic rings. The van der Waals surface area contributed by atoms with Crippen molar-refractivity contribution in [1.29, 1.82) is 0 Å². The number of hydrogen-bond acceptors (Lipinski definition) is 4. The van der Waals surface area contributed by atoms with Crippen molar-refractivity contribution in [3.05, 3.63) is 47.7 Å². The summed E-state index contributed by atoms with van der Waals surface area (Å²) in [6, 6.07) is 7.52. The highest BCUT2D eigenvalue weighted by molar-refractivity contribution is 5.79. The Morgan fingerprint density at radius 1 is 1.21 bits per heavy atom. The van der Waals surface area contributed by atoms with Gasteiger partial charge in [-0.15, -0.1) is 0 Å². The van der Waals surface area contributed by atoms with Crippen LogP contribution in [0.2, 0.25) is 0 Å². The second-order valence-corrected chi connectivity index (χ2v) is 4.36. The van der Waals surface area contributed by atoms with Gasteiger partial charge in [0.15, 0.2) is 11.9 Å². The van der Waals surface area contributed by atoms with Crippen molar-refractivity contribution in [1.82, 2.24) is 0 Å². The van der Waals surface area contributed by atoms with Crippen LogP contribution in [0.1, 0.15) is 12.0 Å². The van der Waals surface area contributed by atoms with Gasteiger partial charge in [-0.1, -0.05) is 18.2 Å². The number of carbonyl (C=O) groups excluding carboxylic acids is 1. The van der Waals surface area contributed by atoms with Gasteiger partial charge in [-0.05, 0) is 29.3 Å². The van der Waals surface area contributed by atoms with E-state index in [2.05, 4.69) is 0 Å². The standard InChI is InChI=1S/C15H16O4/c1-18-13-6-3-11(4-7-13)12-5-8-14(17)15(9-12,10-16)19-2/h3-8,10,17H,9H2,1-2H3. The number of carbonyl (C=O) groups is 1. The highest BCUT2D eigenvalue weighted by Crippen LogP contribution is 2.34. The molecule has 4 nitrogen and oxygen atoms in total. The number of aliphatic hydroxyl groups excluding tert-OH is 1. The Morgan fingerprint density at radius 2 is 1.89 bits per heavy atom. The summed E-state index contributed by atoms with van der Waals surface area (Å²) in [7, 11) is 3.02. The fourth-order valence-electron chi connectivity index (χ4n) is 2.08. The molecule has 1 aromatic carbocycles. The number of aldehydes is 1. The number of benzene rings is 1. The monoisotopic (exact) mass is 260 g/mol. The van der Waals surface area contributed by atoms with Crippen molar-refractivity contribution >= 4 is 11.9 Å². The van der Waals surface area contributed by atoms with E-state index in [-0.39, 0.29) is 5.76 Å². The Kier molecular flexibility index (Phi) is 3.71. The molecular formula is C15H16O4. The van der Waals surface area contributed by atoms with Gasteiger partial charge in [-0.3, -0.25) is 4.79 Å². The van der Waals surface area contributed by atoms with Crippen molar-refractivity contribution in [2.45, 2.75) is 12.0 Å². The van der Waals surface area contributed by atoms with Crippen LogP contribution in [-0.2, 0) is 9.53 Å². The number of hydrogen-bond donors (Lipinski definition) is 1. The van der Waals surface area contributed by atoms with Crippen molar-refractivity contribution in [2.24, 2.45) is 0 Å². The molecule has 0 aromatic heterocycles. The summed E-state index contributed by atoms with van der Waals surface area (Å²) in [6.45, 7) is 0. The van der Waals surface area contributed by atoms with Gasteiger partial charge in [-0.2, -0.15) is 0 Å². The number of ether oxygens (including phenoxy) is 2. The molecule has 0 spiro atoms. The van der Waals surface area contributed by atoms with E-state index in [0.29, 0.717) is 12.7 Å². The normalized spacial score (nSPS) is 22.4. The average Bonchev–Trinajstić information content (AvgIpc) is 2.48. The van der Waals surface area contributed by atoms with E-state index < -0.39 is 5.60 Å². The molecule has 1 aromatic rings. The van der Waals surface area contributed by atoms with Crippen LogP contribution < -0.4 is 4.74 Å². The Morgan fingerprint density at radius 3 is 2.42 bits per heavy atom. The zero-order valence-corrected chi connectivity index (χ0v) is 10.9. The molecule has 0 heterocycles. The molecule has 0 radical (unpaired) electrons. The highest BCUT2D eigenvalue weighted by Gasteiger charge is 2.37. The van der Waals surface area contributed by atoms with Crippen LogP contribution in [-0.4, -0.2) is 31.2 Å². The fraction of sp³-hybridized carbons (Fsp3) is 0.267.